The minimum Gasteiger partial charge on any atom is -1.00 e. The number of amides is 1. The molecule has 0 rings (SSSR count). The van der Waals surface area contributed by atoms with E-state index in [0.717, 1.165) is 12.8 Å². The Kier molecular flexibility index (Phi) is 18.8. The molecule has 0 fully saturated rings. The highest BCUT2D eigenvalue weighted by molar-refractivity contribution is 7.98. The third kappa shape index (κ3) is 11.6. The second-order valence-corrected chi connectivity index (χ2v) is 5.43. The van der Waals surface area contributed by atoms with Crippen molar-refractivity contribution in [1.82, 2.24) is 11.5 Å². The predicted octanol–water partition coefficient (Wildman–Crippen LogP) is -2.51. The second-order valence-electron chi connectivity index (χ2n) is 4.06. The number of carbonyl (C=O) groups is 2. The van der Waals surface area contributed by atoms with Crippen LogP contribution in [-0.4, -0.2) is 47.0 Å². The van der Waals surface area contributed by atoms with Crippen LogP contribution in [0.25, 0.3) is 0 Å². The van der Waals surface area contributed by atoms with Gasteiger partial charge in [-0.2, -0.15) is 11.8 Å². The number of carboxylic acids is 1. The molecule has 0 aromatic rings. The molecule has 0 aromatic carbocycles. The maximum absolute atomic E-state index is 11.7. The molecule has 122 valence electrons. The number of rotatable bonds is 10. The van der Waals surface area contributed by atoms with Gasteiger partial charge in [0.05, 0.1) is 0 Å². The van der Waals surface area contributed by atoms with Gasteiger partial charge in [-0.3, -0.25) is 4.79 Å². The molecule has 2 atom stereocenters. The van der Waals surface area contributed by atoms with Crippen LogP contribution in [0.15, 0.2) is 0 Å². The lowest BCUT2D eigenvalue weighted by atomic mass is 10.1. The van der Waals surface area contributed by atoms with Crippen molar-refractivity contribution in [3.8, 4) is 0 Å². The van der Waals surface area contributed by atoms with Gasteiger partial charge in [-0.25, -0.2) is 4.79 Å². The van der Waals surface area contributed by atoms with E-state index in [1.54, 1.807) is 11.8 Å². The van der Waals surface area contributed by atoms with E-state index < -0.39 is 18.1 Å². The highest BCUT2D eigenvalue weighted by Crippen LogP contribution is 2.03. The third-order valence-electron chi connectivity index (χ3n) is 2.53. The number of nitrogens with one attached hydrogen (secondary N) is 1. The molecule has 8 N–H and O–H groups in total. The molecule has 0 aliphatic rings. The average molecular weight is 350 g/mol. The molecule has 0 unspecified atom stereocenters. The molecule has 0 spiro atoms. The van der Waals surface area contributed by atoms with E-state index in [-0.39, 0.29) is 24.5 Å². The number of hydrogen-bond acceptors (Lipinski definition) is 4. The monoisotopic (exact) mass is 349 g/mol. The van der Waals surface area contributed by atoms with Crippen LogP contribution >= 0.6 is 23.4 Å². The van der Waals surface area contributed by atoms with Gasteiger partial charge in [0.25, 0.3) is 5.91 Å². The van der Waals surface area contributed by atoms with Gasteiger partial charge < -0.3 is 34.7 Å². The van der Waals surface area contributed by atoms with Crippen molar-refractivity contribution in [3.05, 3.63) is 0 Å². The zero-order valence-corrected chi connectivity index (χ0v) is 14.1. The topological polar surface area (TPSA) is 129 Å². The standard InChI is InChI=1S/C11H21ClN2O3S.ClH.H3N/c1-18-7-5-9(11(16)17)14-10(15)8(13)4-2-3-6-12;;/h8-9H,2-7,13H2,1H3,(H,14,15)(H,16,17);1H;1H3/t8-,9+;;/m0../s1. The number of hydrogen-bond donors (Lipinski definition) is 4. The SMILES string of the molecule is CSCC[C@@H](NC(=O)[C@@H]([NH3+])CCCCCl)C(=O)O.N.[Cl-]. The van der Waals surface area contributed by atoms with Gasteiger partial charge in [-0.05, 0) is 31.3 Å². The summed E-state index contributed by atoms with van der Waals surface area (Å²) in [7, 11) is 0. The van der Waals surface area contributed by atoms with Crippen molar-refractivity contribution in [2.75, 3.05) is 17.9 Å². The first kappa shape index (κ1) is 24.8. The van der Waals surface area contributed by atoms with E-state index >= 15 is 0 Å². The summed E-state index contributed by atoms with van der Waals surface area (Å²) in [5.41, 5.74) is 3.75. The summed E-state index contributed by atoms with van der Waals surface area (Å²) in [4.78, 5) is 22.7. The van der Waals surface area contributed by atoms with Crippen LogP contribution < -0.4 is 29.6 Å². The highest BCUT2D eigenvalue weighted by Gasteiger charge is 2.24. The number of unbranched alkanes of at least 4 members (excludes halogenated alkanes) is 1. The van der Waals surface area contributed by atoms with Gasteiger partial charge in [0.2, 0.25) is 0 Å². The van der Waals surface area contributed by atoms with Crippen LogP contribution in [0.2, 0.25) is 0 Å². The quantitative estimate of drug-likeness (QED) is 0.256. The third-order valence-corrected chi connectivity index (χ3v) is 3.44. The molecule has 0 aliphatic carbocycles. The molecule has 0 aromatic heterocycles. The van der Waals surface area contributed by atoms with Crippen molar-refractivity contribution < 1.29 is 32.8 Å². The number of halogens is 2. The van der Waals surface area contributed by atoms with Crippen molar-refractivity contribution in [2.24, 2.45) is 0 Å². The normalized spacial score (nSPS) is 12.6. The molecular formula is C11H25Cl2N3O3S. The summed E-state index contributed by atoms with van der Waals surface area (Å²) >= 11 is 7.10. The fraction of sp³-hybridized carbons (Fsp3) is 0.818. The Morgan fingerprint density at radius 2 is 1.95 bits per heavy atom. The maximum atomic E-state index is 11.7. The first-order valence-corrected chi connectivity index (χ1v) is 7.87. The smallest absolute Gasteiger partial charge is 0.326 e. The van der Waals surface area contributed by atoms with Crippen LogP contribution in [0.1, 0.15) is 25.7 Å². The molecule has 0 bridgehead atoms. The Balaban J connectivity index is -0.00000144. The number of alkyl halides is 1. The Morgan fingerprint density at radius 1 is 1.35 bits per heavy atom. The van der Waals surface area contributed by atoms with Gasteiger partial charge in [0, 0.05) is 12.3 Å². The number of aliphatic carboxylic acids is 1. The van der Waals surface area contributed by atoms with Crippen LogP contribution in [0, 0.1) is 0 Å². The Morgan fingerprint density at radius 3 is 2.40 bits per heavy atom. The van der Waals surface area contributed by atoms with Crippen LogP contribution in [0.3, 0.4) is 0 Å². The molecule has 1 amide bonds. The van der Waals surface area contributed by atoms with Crippen molar-refractivity contribution in [2.45, 2.75) is 37.8 Å². The van der Waals surface area contributed by atoms with Gasteiger partial charge in [-0.15, -0.1) is 11.6 Å². The summed E-state index contributed by atoms with van der Waals surface area (Å²) < 4.78 is 0. The van der Waals surface area contributed by atoms with Gasteiger partial charge in [0.1, 0.15) is 6.04 Å². The first-order chi connectivity index (χ1) is 8.52. The molecule has 0 saturated heterocycles. The van der Waals surface area contributed by atoms with Crippen molar-refractivity contribution >= 4 is 35.2 Å². The fourth-order valence-corrected chi connectivity index (χ4v) is 2.06. The van der Waals surface area contributed by atoms with Gasteiger partial charge >= 0.3 is 5.97 Å². The molecule has 9 heteroatoms. The average Bonchev–Trinajstić information content (AvgIpc) is 2.33. The lowest BCUT2D eigenvalue weighted by Crippen LogP contribution is -3.00. The summed E-state index contributed by atoms with van der Waals surface area (Å²) in [6, 6.07) is -1.23. The van der Waals surface area contributed by atoms with E-state index in [0.29, 0.717) is 24.5 Å². The van der Waals surface area contributed by atoms with E-state index in [4.69, 9.17) is 16.7 Å². The number of thioether (sulfide) groups is 1. The molecule has 0 saturated carbocycles. The van der Waals surface area contributed by atoms with E-state index in [2.05, 4.69) is 11.1 Å². The summed E-state index contributed by atoms with van der Waals surface area (Å²) in [6.45, 7) is 0. The first-order valence-electron chi connectivity index (χ1n) is 5.94. The van der Waals surface area contributed by atoms with E-state index in [9.17, 15) is 9.59 Å². The summed E-state index contributed by atoms with van der Waals surface area (Å²) in [5, 5.41) is 11.5. The fourth-order valence-electron chi connectivity index (χ4n) is 1.40. The van der Waals surface area contributed by atoms with Crippen molar-refractivity contribution in [1.29, 1.82) is 0 Å². The number of carboxylic acid groups (broad SMARTS) is 1. The lowest BCUT2D eigenvalue weighted by molar-refractivity contribution is -0.405. The lowest BCUT2D eigenvalue weighted by Gasteiger charge is -2.15. The molecule has 0 radical (unpaired) electrons. The predicted molar refractivity (Wildman–Crippen MR) is 78.8 cm³/mol. The second kappa shape index (κ2) is 15.2. The number of carbonyl (C=O) groups excluding carboxylic acids is 1. The Labute approximate surface area is 135 Å². The molecule has 6 nitrogen and oxygen atoms in total. The Bertz CT molecular complexity index is 273. The highest BCUT2D eigenvalue weighted by atomic mass is 35.5. The molecule has 0 heterocycles. The zero-order chi connectivity index (χ0) is 14.0. The van der Waals surface area contributed by atoms with Gasteiger partial charge in [0.15, 0.2) is 6.04 Å². The summed E-state index contributed by atoms with van der Waals surface area (Å²) in [6.07, 6.45) is 4.63. The van der Waals surface area contributed by atoms with Crippen molar-refractivity contribution in [3.63, 3.8) is 0 Å². The minimum atomic E-state index is -0.995. The Hall–Kier alpha value is -0.210. The number of quaternary nitrogens is 1. The van der Waals surface area contributed by atoms with Gasteiger partial charge in [-0.1, -0.05) is 0 Å². The maximum Gasteiger partial charge on any atom is 0.326 e. The zero-order valence-electron chi connectivity index (χ0n) is 11.7. The van der Waals surface area contributed by atoms with Crippen LogP contribution in [0.4, 0.5) is 0 Å². The molecular weight excluding hydrogens is 325 g/mol. The largest absolute Gasteiger partial charge is 1.00 e. The summed E-state index contributed by atoms with van der Waals surface area (Å²) in [5.74, 6) is -0.0195. The van der Waals surface area contributed by atoms with Crippen LogP contribution in [0.5, 0.6) is 0 Å². The van der Waals surface area contributed by atoms with E-state index in [1.807, 2.05) is 6.26 Å². The van der Waals surface area contributed by atoms with Crippen LogP contribution in [-0.2, 0) is 9.59 Å². The minimum absolute atomic E-state index is 0. The molecule has 20 heavy (non-hydrogen) atoms. The molecule has 0 aliphatic heterocycles. The van der Waals surface area contributed by atoms with E-state index in [1.165, 1.54) is 0 Å².